The van der Waals surface area contributed by atoms with Crippen LogP contribution < -0.4 is 5.32 Å². The van der Waals surface area contributed by atoms with Gasteiger partial charge in [0, 0.05) is 31.4 Å². The maximum atomic E-state index is 4.42. The molecule has 1 atom stereocenters. The van der Waals surface area contributed by atoms with Crippen LogP contribution in [0.1, 0.15) is 37.9 Å². The number of imidazole rings is 1. The van der Waals surface area contributed by atoms with Crippen LogP contribution in [-0.2, 0) is 13.5 Å². The van der Waals surface area contributed by atoms with Crippen LogP contribution in [0.2, 0.25) is 0 Å². The predicted octanol–water partition coefficient (Wildman–Crippen LogP) is 1.88. The smallest absolute Gasteiger partial charge is 0.108 e. The maximum absolute atomic E-state index is 4.42. The molecule has 0 aromatic carbocycles. The van der Waals surface area contributed by atoms with E-state index < -0.39 is 0 Å². The third-order valence-electron chi connectivity index (χ3n) is 4.35. The molecule has 1 aliphatic heterocycles. The summed E-state index contributed by atoms with van der Waals surface area (Å²) in [6.45, 7) is 1.22. The largest absolute Gasteiger partial charge is 0.338 e. The first-order valence-electron chi connectivity index (χ1n) is 6.51. The quantitative estimate of drug-likeness (QED) is 0.838. The Morgan fingerprint density at radius 3 is 3.00 bits per heavy atom. The number of nitrogens with zero attached hydrogens (tertiary/aromatic N) is 2. The van der Waals surface area contributed by atoms with Crippen LogP contribution in [-0.4, -0.2) is 21.6 Å². The number of aromatic nitrogens is 2. The second-order valence-corrected chi connectivity index (χ2v) is 5.42. The van der Waals surface area contributed by atoms with Gasteiger partial charge < -0.3 is 9.88 Å². The lowest BCUT2D eigenvalue weighted by atomic mass is 9.86. The zero-order valence-corrected chi connectivity index (χ0v) is 10.1. The highest BCUT2D eigenvalue weighted by Gasteiger charge is 2.46. The van der Waals surface area contributed by atoms with E-state index in [2.05, 4.69) is 21.9 Å². The van der Waals surface area contributed by atoms with E-state index in [-0.39, 0.29) is 0 Å². The fourth-order valence-electron chi connectivity index (χ4n) is 3.20. The fraction of sp³-hybridized carbons (Fsp3) is 0.769. The number of rotatable bonds is 4. The Hall–Kier alpha value is -0.830. The van der Waals surface area contributed by atoms with E-state index in [0.717, 1.165) is 12.3 Å². The van der Waals surface area contributed by atoms with Crippen LogP contribution in [0.3, 0.4) is 0 Å². The number of hydrogen-bond donors (Lipinski definition) is 1. The van der Waals surface area contributed by atoms with Crippen molar-refractivity contribution in [1.29, 1.82) is 0 Å². The van der Waals surface area contributed by atoms with Crippen molar-refractivity contribution >= 4 is 0 Å². The predicted molar refractivity (Wildman–Crippen MR) is 64.2 cm³/mol. The summed E-state index contributed by atoms with van der Waals surface area (Å²) in [5.74, 6) is 2.18. The van der Waals surface area contributed by atoms with Gasteiger partial charge >= 0.3 is 0 Å². The van der Waals surface area contributed by atoms with Crippen molar-refractivity contribution in [2.45, 2.75) is 44.1 Å². The zero-order valence-electron chi connectivity index (χ0n) is 10.1. The molecule has 0 spiro atoms. The minimum Gasteiger partial charge on any atom is -0.338 e. The molecule has 3 heteroatoms. The Balaban J connectivity index is 1.66. The van der Waals surface area contributed by atoms with E-state index in [0.29, 0.717) is 5.54 Å². The van der Waals surface area contributed by atoms with Crippen molar-refractivity contribution in [1.82, 2.24) is 14.9 Å². The topological polar surface area (TPSA) is 29.9 Å². The van der Waals surface area contributed by atoms with Gasteiger partial charge in [-0.2, -0.15) is 0 Å². The molecule has 2 heterocycles. The number of hydrogen-bond acceptors (Lipinski definition) is 2. The molecule has 88 valence electrons. The van der Waals surface area contributed by atoms with Crippen LogP contribution >= 0.6 is 0 Å². The third kappa shape index (κ3) is 1.77. The van der Waals surface area contributed by atoms with E-state index >= 15 is 0 Å². The summed E-state index contributed by atoms with van der Waals surface area (Å²) in [6.07, 6.45) is 11.9. The lowest BCUT2D eigenvalue weighted by molar-refractivity contribution is 0.299. The maximum Gasteiger partial charge on any atom is 0.108 e. The van der Waals surface area contributed by atoms with Gasteiger partial charge in [0.05, 0.1) is 0 Å². The molecule has 1 unspecified atom stereocenters. The van der Waals surface area contributed by atoms with Crippen molar-refractivity contribution in [2.24, 2.45) is 13.0 Å². The van der Waals surface area contributed by atoms with Crippen LogP contribution in [0.15, 0.2) is 12.4 Å². The van der Waals surface area contributed by atoms with Crippen LogP contribution in [0.25, 0.3) is 0 Å². The van der Waals surface area contributed by atoms with E-state index in [9.17, 15) is 0 Å². The molecule has 2 fully saturated rings. The van der Waals surface area contributed by atoms with Gasteiger partial charge in [-0.25, -0.2) is 4.98 Å². The SMILES string of the molecule is Cn1ccnc1CCC1(C2CC2)CCCN1. The molecule has 0 amide bonds. The van der Waals surface area contributed by atoms with E-state index in [1.807, 2.05) is 12.4 Å². The van der Waals surface area contributed by atoms with Crippen molar-refractivity contribution in [3.63, 3.8) is 0 Å². The Kier molecular flexibility index (Phi) is 2.51. The second kappa shape index (κ2) is 3.88. The molecule has 0 bridgehead atoms. The van der Waals surface area contributed by atoms with Gasteiger partial charge in [0.2, 0.25) is 0 Å². The third-order valence-corrected chi connectivity index (χ3v) is 4.35. The van der Waals surface area contributed by atoms with Crippen molar-refractivity contribution in [3.05, 3.63) is 18.2 Å². The van der Waals surface area contributed by atoms with Crippen molar-refractivity contribution < 1.29 is 0 Å². The molecule has 1 aliphatic carbocycles. The average molecular weight is 219 g/mol. The molecule has 1 aromatic heterocycles. The molecule has 0 radical (unpaired) electrons. The van der Waals surface area contributed by atoms with Gasteiger partial charge in [0.1, 0.15) is 5.82 Å². The highest BCUT2D eigenvalue weighted by Crippen LogP contribution is 2.46. The molecule has 1 saturated carbocycles. The Morgan fingerprint density at radius 2 is 2.44 bits per heavy atom. The van der Waals surface area contributed by atoms with Crippen LogP contribution in [0.4, 0.5) is 0 Å². The van der Waals surface area contributed by atoms with Crippen molar-refractivity contribution in [2.75, 3.05) is 6.54 Å². The molecule has 1 saturated heterocycles. The lowest BCUT2D eigenvalue weighted by Crippen LogP contribution is -2.42. The monoisotopic (exact) mass is 219 g/mol. The van der Waals surface area contributed by atoms with E-state index in [1.165, 1.54) is 44.5 Å². The molecule has 2 aliphatic rings. The van der Waals surface area contributed by atoms with Gasteiger partial charge in [-0.15, -0.1) is 0 Å². The molecule has 1 aromatic rings. The number of nitrogens with one attached hydrogen (secondary N) is 1. The fourth-order valence-corrected chi connectivity index (χ4v) is 3.20. The summed E-state index contributed by atoms with van der Waals surface area (Å²) >= 11 is 0. The van der Waals surface area contributed by atoms with E-state index in [4.69, 9.17) is 0 Å². The normalized spacial score (nSPS) is 29.8. The van der Waals surface area contributed by atoms with Gasteiger partial charge in [0.15, 0.2) is 0 Å². The molecule has 16 heavy (non-hydrogen) atoms. The zero-order chi connectivity index (χ0) is 11.0. The lowest BCUT2D eigenvalue weighted by Gasteiger charge is -2.29. The van der Waals surface area contributed by atoms with Crippen molar-refractivity contribution in [3.8, 4) is 0 Å². The summed E-state index contributed by atoms with van der Waals surface area (Å²) in [5, 5.41) is 3.78. The van der Waals surface area contributed by atoms with Gasteiger partial charge in [0.25, 0.3) is 0 Å². The standard InChI is InChI=1S/C13H21N3/c1-16-10-9-14-12(16)5-7-13(11-3-4-11)6-2-8-15-13/h9-11,15H,2-8H2,1H3. The summed E-state index contributed by atoms with van der Waals surface area (Å²) in [7, 11) is 2.09. The molecule has 3 rings (SSSR count). The summed E-state index contributed by atoms with van der Waals surface area (Å²) in [6, 6.07) is 0. The minimum absolute atomic E-state index is 0.464. The summed E-state index contributed by atoms with van der Waals surface area (Å²) in [5.41, 5.74) is 0.464. The first-order valence-corrected chi connectivity index (χ1v) is 6.51. The highest BCUT2D eigenvalue weighted by molar-refractivity contribution is 5.06. The summed E-state index contributed by atoms with van der Waals surface area (Å²) < 4.78 is 2.15. The molecule has 1 N–H and O–H groups in total. The van der Waals surface area contributed by atoms with Crippen LogP contribution in [0.5, 0.6) is 0 Å². The minimum atomic E-state index is 0.464. The van der Waals surface area contributed by atoms with Gasteiger partial charge in [-0.05, 0) is 44.6 Å². The average Bonchev–Trinajstić information content (AvgIpc) is 2.90. The Labute approximate surface area is 97.3 Å². The van der Waals surface area contributed by atoms with Crippen LogP contribution in [0, 0.1) is 5.92 Å². The van der Waals surface area contributed by atoms with Gasteiger partial charge in [-0.3, -0.25) is 0 Å². The highest BCUT2D eigenvalue weighted by atomic mass is 15.0. The van der Waals surface area contributed by atoms with E-state index in [1.54, 1.807) is 0 Å². The number of aryl methyl sites for hydroxylation is 2. The first kappa shape index (κ1) is 10.3. The second-order valence-electron chi connectivity index (χ2n) is 5.42. The summed E-state index contributed by atoms with van der Waals surface area (Å²) in [4.78, 5) is 4.42. The first-order chi connectivity index (χ1) is 7.80. The molecular formula is C13H21N3. The Morgan fingerprint density at radius 1 is 1.56 bits per heavy atom. The molecule has 3 nitrogen and oxygen atoms in total. The van der Waals surface area contributed by atoms with Gasteiger partial charge in [-0.1, -0.05) is 0 Å². The molecular weight excluding hydrogens is 198 g/mol. The Bertz CT molecular complexity index is 359.